The fourth-order valence-electron chi connectivity index (χ4n) is 5.26. The molecule has 4 aromatic rings. The van der Waals surface area contributed by atoms with Gasteiger partial charge in [-0.2, -0.15) is 0 Å². The molecule has 0 fully saturated rings. The molecule has 0 saturated carbocycles. The van der Waals surface area contributed by atoms with Gasteiger partial charge < -0.3 is 15.4 Å². The number of benzene rings is 3. The molecule has 2 heterocycles. The Morgan fingerprint density at radius 2 is 1.76 bits per heavy atom. The maximum atomic E-state index is 13.6. The number of thiophene rings is 1. The highest BCUT2D eigenvalue weighted by atomic mass is 35.5. The van der Waals surface area contributed by atoms with E-state index in [-0.39, 0.29) is 24.8 Å². The van der Waals surface area contributed by atoms with Gasteiger partial charge in [-0.1, -0.05) is 67.1 Å². The summed E-state index contributed by atoms with van der Waals surface area (Å²) in [4.78, 5) is 43.7. The Balaban J connectivity index is 1.26. The average molecular weight is 662 g/mol. The van der Waals surface area contributed by atoms with Crippen LogP contribution >= 0.6 is 34.7 Å². The van der Waals surface area contributed by atoms with E-state index in [0.717, 1.165) is 34.0 Å². The molecule has 10 heteroatoms. The third-order valence-electron chi connectivity index (χ3n) is 7.44. The van der Waals surface area contributed by atoms with Crippen molar-refractivity contribution in [3.8, 4) is 0 Å². The second kappa shape index (κ2) is 15.6. The van der Waals surface area contributed by atoms with E-state index in [1.54, 1.807) is 19.1 Å². The van der Waals surface area contributed by atoms with Gasteiger partial charge in [0.1, 0.15) is 5.00 Å². The number of fused-ring (bicyclic) bond motifs is 1. The van der Waals surface area contributed by atoms with Gasteiger partial charge in [-0.3, -0.25) is 14.5 Å². The highest BCUT2D eigenvalue weighted by Gasteiger charge is 2.31. The predicted molar refractivity (Wildman–Crippen MR) is 183 cm³/mol. The number of carbonyl (C=O) groups excluding carboxylic acids is 3. The van der Waals surface area contributed by atoms with Crippen molar-refractivity contribution in [3.63, 3.8) is 0 Å². The molecule has 1 aliphatic heterocycles. The first-order valence-electron chi connectivity index (χ1n) is 15.0. The third kappa shape index (κ3) is 8.76. The molecule has 2 N–H and O–H groups in total. The van der Waals surface area contributed by atoms with E-state index < -0.39 is 11.2 Å². The smallest absolute Gasteiger partial charge is 0.341 e. The second-order valence-electron chi connectivity index (χ2n) is 10.8. The Kier molecular flexibility index (Phi) is 11.3. The quantitative estimate of drug-likeness (QED) is 0.119. The van der Waals surface area contributed by atoms with Crippen LogP contribution in [0.1, 0.15) is 52.2 Å². The van der Waals surface area contributed by atoms with Crippen LogP contribution in [-0.4, -0.2) is 41.1 Å². The maximum absolute atomic E-state index is 13.6. The monoisotopic (exact) mass is 661 g/mol. The number of esters is 1. The van der Waals surface area contributed by atoms with Gasteiger partial charge in [-0.05, 0) is 66.8 Å². The Bertz CT molecular complexity index is 1640. The summed E-state index contributed by atoms with van der Waals surface area (Å²) >= 11 is 8.84. The summed E-state index contributed by atoms with van der Waals surface area (Å²) in [6.07, 6.45) is 1.52. The predicted octanol–water partition coefficient (Wildman–Crippen LogP) is 7.83. The summed E-state index contributed by atoms with van der Waals surface area (Å²) in [5.74, 6) is -0.714. The first kappa shape index (κ1) is 32.8. The number of nitrogens with one attached hydrogen (secondary N) is 2. The Morgan fingerprint density at radius 3 is 2.49 bits per heavy atom. The Labute approximate surface area is 277 Å². The Morgan fingerprint density at radius 1 is 0.978 bits per heavy atom. The molecule has 1 aliphatic rings. The van der Waals surface area contributed by atoms with E-state index in [1.807, 2.05) is 61.5 Å². The first-order valence-corrected chi connectivity index (χ1v) is 17.1. The molecule has 1 atom stereocenters. The second-order valence-corrected chi connectivity index (χ2v) is 13.6. The zero-order valence-electron chi connectivity index (χ0n) is 25.3. The number of nitrogens with zero attached hydrogens (tertiary/aromatic N) is 1. The van der Waals surface area contributed by atoms with Crippen molar-refractivity contribution >= 4 is 63.2 Å². The first-order chi connectivity index (χ1) is 21.8. The summed E-state index contributed by atoms with van der Waals surface area (Å²) in [6, 6.07) is 25.0. The highest BCUT2D eigenvalue weighted by molar-refractivity contribution is 8.00. The molecular formula is C35H36ClN3O4S2. The van der Waals surface area contributed by atoms with Crippen LogP contribution in [0.3, 0.4) is 0 Å². The zero-order chi connectivity index (χ0) is 31.8. The molecule has 0 spiro atoms. The molecule has 0 saturated heterocycles. The average Bonchev–Trinajstić information content (AvgIpc) is 3.38. The zero-order valence-corrected chi connectivity index (χ0v) is 27.7. The van der Waals surface area contributed by atoms with Gasteiger partial charge in [0.05, 0.1) is 23.8 Å². The minimum absolute atomic E-state index is 0.139. The molecule has 3 aromatic carbocycles. The third-order valence-corrected chi connectivity index (χ3v) is 10.2. The molecule has 45 heavy (non-hydrogen) atoms. The molecule has 0 aliphatic carbocycles. The number of thioether (sulfide) groups is 1. The van der Waals surface area contributed by atoms with Gasteiger partial charge >= 0.3 is 5.97 Å². The molecular weight excluding hydrogens is 626 g/mol. The van der Waals surface area contributed by atoms with Gasteiger partial charge in [-0.25, -0.2) is 4.79 Å². The van der Waals surface area contributed by atoms with Crippen molar-refractivity contribution < 1.29 is 19.1 Å². The molecule has 0 bridgehead atoms. The van der Waals surface area contributed by atoms with Crippen LogP contribution in [0.5, 0.6) is 0 Å². The number of rotatable bonds is 12. The number of hydrogen-bond acceptors (Lipinski definition) is 7. The van der Waals surface area contributed by atoms with Crippen molar-refractivity contribution in [2.75, 3.05) is 23.8 Å². The van der Waals surface area contributed by atoms with Crippen molar-refractivity contribution in [3.05, 3.63) is 111 Å². The number of anilines is 2. The number of amides is 2. The summed E-state index contributed by atoms with van der Waals surface area (Å²) in [7, 11) is 0. The SMILES string of the molecule is CCOC(=O)c1c(NC(=O)C(CC)Sc2cccc(NC(=O)Cc3ccc(Cl)cc3)c2)sc2c1CCN(Cc1ccccc1)C2. The standard InChI is InChI=1S/C35H36ClN3O4S2/c1-3-29(44-27-12-8-11-26(20-27)37-31(40)19-23-13-15-25(36)16-14-23)33(41)38-34-32(35(42)43-4-2)28-17-18-39(22-30(28)45-34)21-24-9-6-5-7-10-24/h5-16,20,29H,3-4,17-19,21-22H2,1-2H3,(H,37,40)(H,38,41). The van der Waals surface area contributed by atoms with E-state index in [0.29, 0.717) is 40.7 Å². The van der Waals surface area contributed by atoms with Crippen molar-refractivity contribution in [1.82, 2.24) is 4.90 Å². The lowest BCUT2D eigenvalue weighted by Crippen LogP contribution is -2.30. The van der Waals surface area contributed by atoms with Crippen molar-refractivity contribution in [1.29, 1.82) is 0 Å². The number of hydrogen-bond donors (Lipinski definition) is 2. The summed E-state index contributed by atoms with van der Waals surface area (Å²) in [5.41, 5.74) is 4.22. The van der Waals surface area contributed by atoms with E-state index >= 15 is 0 Å². The van der Waals surface area contributed by atoms with E-state index in [2.05, 4.69) is 27.7 Å². The number of carbonyl (C=O) groups is 3. The number of halogens is 1. The van der Waals surface area contributed by atoms with Gasteiger partial charge in [0.25, 0.3) is 0 Å². The lowest BCUT2D eigenvalue weighted by Gasteiger charge is -2.27. The van der Waals surface area contributed by atoms with E-state index in [9.17, 15) is 14.4 Å². The fourth-order valence-corrected chi connectivity index (χ4v) is 7.68. The van der Waals surface area contributed by atoms with Crippen LogP contribution in [0, 0.1) is 0 Å². The molecule has 2 amide bonds. The van der Waals surface area contributed by atoms with Gasteiger partial charge in [-0.15, -0.1) is 23.1 Å². The lowest BCUT2D eigenvalue weighted by molar-refractivity contribution is -0.116. The van der Waals surface area contributed by atoms with Crippen LogP contribution < -0.4 is 10.6 Å². The topological polar surface area (TPSA) is 87.7 Å². The van der Waals surface area contributed by atoms with E-state index in [1.165, 1.54) is 28.7 Å². The molecule has 7 nitrogen and oxygen atoms in total. The summed E-state index contributed by atoms with van der Waals surface area (Å²) < 4.78 is 5.42. The van der Waals surface area contributed by atoms with Gasteiger partial charge in [0, 0.05) is 40.1 Å². The molecule has 1 aromatic heterocycles. The minimum atomic E-state index is -0.409. The van der Waals surface area contributed by atoms with Crippen LogP contribution in [0.4, 0.5) is 10.7 Å². The summed E-state index contributed by atoms with van der Waals surface area (Å²) in [5, 5.41) is 6.79. The minimum Gasteiger partial charge on any atom is -0.462 e. The number of ether oxygens (including phenoxy) is 1. The molecule has 0 radical (unpaired) electrons. The van der Waals surface area contributed by atoms with Crippen molar-refractivity contribution in [2.45, 2.75) is 56.3 Å². The normalized spacial score (nSPS) is 13.5. The molecule has 234 valence electrons. The molecule has 5 rings (SSSR count). The maximum Gasteiger partial charge on any atom is 0.341 e. The van der Waals surface area contributed by atoms with Crippen LogP contribution in [-0.2, 0) is 40.3 Å². The highest BCUT2D eigenvalue weighted by Crippen LogP contribution is 2.39. The van der Waals surface area contributed by atoms with Crippen LogP contribution in [0.15, 0.2) is 83.8 Å². The molecule has 1 unspecified atom stereocenters. The van der Waals surface area contributed by atoms with E-state index in [4.69, 9.17) is 16.3 Å². The fraction of sp³-hybridized carbons (Fsp3) is 0.286. The summed E-state index contributed by atoms with van der Waals surface area (Å²) in [6.45, 7) is 6.36. The Hall–Kier alpha value is -3.63. The van der Waals surface area contributed by atoms with Crippen LogP contribution in [0.2, 0.25) is 5.02 Å². The van der Waals surface area contributed by atoms with Gasteiger partial charge in [0.2, 0.25) is 11.8 Å². The lowest BCUT2D eigenvalue weighted by atomic mass is 10.0. The van der Waals surface area contributed by atoms with Crippen LogP contribution in [0.25, 0.3) is 0 Å². The van der Waals surface area contributed by atoms with Crippen molar-refractivity contribution in [2.24, 2.45) is 0 Å². The largest absolute Gasteiger partial charge is 0.462 e. The van der Waals surface area contributed by atoms with Gasteiger partial charge in [0.15, 0.2) is 0 Å².